The molecule has 0 aromatic carbocycles. The molecule has 0 N–H and O–H groups in total. The normalized spacial score (nSPS) is 15.8. The first-order valence-electron chi connectivity index (χ1n) is 2.10. The van der Waals surface area contributed by atoms with Gasteiger partial charge in [-0.2, -0.15) is 0 Å². The summed E-state index contributed by atoms with van der Waals surface area (Å²) in [4.78, 5) is 4.73. The van der Waals surface area contributed by atoms with Crippen molar-refractivity contribution in [2.24, 2.45) is 4.99 Å². The Morgan fingerprint density at radius 3 is 2.62 bits per heavy atom. The van der Waals surface area contributed by atoms with Crippen LogP contribution in [0.4, 0.5) is 0 Å². The van der Waals surface area contributed by atoms with E-state index in [1.807, 2.05) is 6.08 Å². The molecule has 0 saturated carbocycles. The van der Waals surface area contributed by atoms with Crippen molar-refractivity contribution in [2.45, 2.75) is 6.42 Å². The van der Waals surface area contributed by atoms with Crippen molar-refractivity contribution < 1.29 is 0 Å². The molecule has 38 valence electrons. The Kier molecular flexibility index (Phi) is 4.66. The van der Waals surface area contributed by atoms with Crippen LogP contribution in [0.5, 0.6) is 0 Å². The Bertz CT molecular complexity index is 139. The van der Waals surface area contributed by atoms with Crippen LogP contribution < -0.4 is 0 Å². The molecule has 0 aliphatic carbocycles. The number of hydrogen-bond acceptors (Lipinski definition) is 2. The van der Waals surface area contributed by atoms with Crippen molar-refractivity contribution in [1.29, 1.82) is 0 Å². The summed E-state index contributed by atoms with van der Waals surface area (Å²) in [6.45, 7) is 0. The standard InChI is InChI=1S/C5H5NS.Na.H/c7-5-2-1-3-6-4-5;;/h1,3-4H,2H2;;. The van der Waals surface area contributed by atoms with Crippen LogP contribution in [-0.2, 0) is 0 Å². The molecule has 0 aromatic heterocycles. The van der Waals surface area contributed by atoms with Gasteiger partial charge in [-0.05, 0) is 0 Å². The van der Waals surface area contributed by atoms with Crippen LogP contribution in [0.15, 0.2) is 17.3 Å². The van der Waals surface area contributed by atoms with Gasteiger partial charge in [0.15, 0.2) is 0 Å². The number of rotatable bonds is 0. The Hall–Kier alpha value is 0.500. The van der Waals surface area contributed by atoms with E-state index in [-0.39, 0.29) is 29.6 Å². The quantitative estimate of drug-likeness (QED) is 0.352. The van der Waals surface area contributed by atoms with E-state index in [1.165, 1.54) is 0 Å². The van der Waals surface area contributed by atoms with E-state index in [9.17, 15) is 0 Å². The van der Waals surface area contributed by atoms with Gasteiger partial charge in [0, 0.05) is 23.7 Å². The number of nitrogens with zero attached hydrogens (tertiary/aromatic N) is 1. The summed E-state index contributed by atoms with van der Waals surface area (Å²) in [5, 5.41) is 0. The Balaban J connectivity index is 0.000000490. The topological polar surface area (TPSA) is 12.4 Å². The first kappa shape index (κ1) is 8.50. The van der Waals surface area contributed by atoms with E-state index in [0.29, 0.717) is 0 Å². The zero-order chi connectivity index (χ0) is 5.11. The molecule has 0 saturated heterocycles. The van der Waals surface area contributed by atoms with Crippen molar-refractivity contribution in [3.63, 3.8) is 0 Å². The summed E-state index contributed by atoms with van der Waals surface area (Å²) in [6, 6.07) is 0. The maximum atomic E-state index is 4.81. The fraction of sp³-hybridized carbons (Fsp3) is 0.200. The molecule has 1 rings (SSSR count). The summed E-state index contributed by atoms with van der Waals surface area (Å²) in [5.41, 5.74) is 0. The fourth-order valence-corrected chi connectivity index (χ4v) is 0.566. The van der Waals surface area contributed by atoms with Gasteiger partial charge in [-0.1, -0.05) is 18.3 Å². The van der Waals surface area contributed by atoms with Gasteiger partial charge in [0.05, 0.1) is 0 Å². The Labute approximate surface area is 76.2 Å². The molecule has 0 spiro atoms. The summed E-state index contributed by atoms with van der Waals surface area (Å²) in [6.07, 6.45) is 6.30. The third-order valence-electron chi connectivity index (χ3n) is 0.729. The second-order valence-corrected chi connectivity index (χ2v) is 1.86. The fourth-order valence-electron chi connectivity index (χ4n) is 0.409. The van der Waals surface area contributed by atoms with Gasteiger partial charge in [-0.25, -0.2) is 0 Å². The van der Waals surface area contributed by atoms with Crippen molar-refractivity contribution in [3.05, 3.63) is 12.3 Å². The van der Waals surface area contributed by atoms with E-state index in [4.69, 9.17) is 12.2 Å². The number of thiocarbonyl (C=S) groups is 1. The predicted molar refractivity (Wildman–Crippen MR) is 42.0 cm³/mol. The van der Waals surface area contributed by atoms with Crippen LogP contribution in [0.1, 0.15) is 6.42 Å². The van der Waals surface area contributed by atoms with Gasteiger partial charge in [-0.15, -0.1) is 0 Å². The molecular weight excluding hydrogens is 129 g/mol. The number of hydrogen-bond donors (Lipinski definition) is 0. The zero-order valence-electron chi connectivity index (χ0n) is 3.79. The molecule has 0 bridgehead atoms. The second-order valence-electron chi connectivity index (χ2n) is 1.33. The second kappa shape index (κ2) is 4.39. The molecule has 0 amide bonds. The van der Waals surface area contributed by atoms with Crippen molar-refractivity contribution in [1.82, 2.24) is 0 Å². The molecule has 0 radical (unpaired) electrons. The molecular formula is C5H6NNaS. The maximum absolute atomic E-state index is 4.81. The third kappa shape index (κ3) is 2.72. The summed E-state index contributed by atoms with van der Waals surface area (Å²) in [5.74, 6) is 0. The Morgan fingerprint density at radius 1 is 1.62 bits per heavy atom. The van der Waals surface area contributed by atoms with Gasteiger partial charge < -0.3 is 0 Å². The van der Waals surface area contributed by atoms with E-state index in [2.05, 4.69) is 4.99 Å². The SMILES string of the molecule is S=C1C=NC=CC1.[NaH]. The van der Waals surface area contributed by atoms with Gasteiger partial charge in [0.25, 0.3) is 0 Å². The first-order valence-corrected chi connectivity index (χ1v) is 2.51. The van der Waals surface area contributed by atoms with Crippen LogP contribution >= 0.6 is 12.2 Å². The molecule has 1 heterocycles. The van der Waals surface area contributed by atoms with Gasteiger partial charge >= 0.3 is 29.6 Å². The minimum atomic E-state index is 0. The third-order valence-corrected chi connectivity index (χ3v) is 1.00. The van der Waals surface area contributed by atoms with Gasteiger partial charge in [-0.3, -0.25) is 4.99 Å². The molecule has 1 aliphatic heterocycles. The number of aliphatic imine (C=N–C) groups is 1. The van der Waals surface area contributed by atoms with E-state index in [1.54, 1.807) is 12.4 Å². The van der Waals surface area contributed by atoms with Crippen molar-refractivity contribution in [3.8, 4) is 0 Å². The predicted octanol–water partition coefficient (Wildman–Crippen LogP) is 0.696. The van der Waals surface area contributed by atoms with E-state index in [0.717, 1.165) is 11.3 Å². The van der Waals surface area contributed by atoms with Crippen LogP contribution in [0.25, 0.3) is 0 Å². The molecule has 1 aliphatic rings. The van der Waals surface area contributed by atoms with Crippen LogP contribution in [0.3, 0.4) is 0 Å². The van der Waals surface area contributed by atoms with Gasteiger partial charge in [0.1, 0.15) is 0 Å². The van der Waals surface area contributed by atoms with E-state index >= 15 is 0 Å². The van der Waals surface area contributed by atoms with E-state index < -0.39 is 0 Å². The molecule has 0 aromatic rings. The summed E-state index contributed by atoms with van der Waals surface area (Å²) < 4.78 is 0. The van der Waals surface area contributed by atoms with Crippen LogP contribution in [0.2, 0.25) is 0 Å². The molecule has 3 heteroatoms. The monoisotopic (exact) mass is 135 g/mol. The molecule has 0 unspecified atom stereocenters. The van der Waals surface area contributed by atoms with Crippen molar-refractivity contribution in [2.75, 3.05) is 0 Å². The molecule has 1 nitrogen and oxygen atoms in total. The average Bonchev–Trinajstić information content (AvgIpc) is 1.69. The average molecular weight is 135 g/mol. The van der Waals surface area contributed by atoms with Crippen LogP contribution in [-0.4, -0.2) is 40.6 Å². The van der Waals surface area contributed by atoms with Crippen molar-refractivity contribution >= 4 is 52.9 Å². The zero-order valence-corrected chi connectivity index (χ0v) is 4.61. The first-order chi connectivity index (χ1) is 3.39. The Morgan fingerprint density at radius 2 is 2.38 bits per heavy atom. The summed E-state index contributed by atoms with van der Waals surface area (Å²) in [7, 11) is 0. The van der Waals surface area contributed by atoms with Gasteiger partial charge in [0.2, 0.25) is 0 Å². The summed E-state index contributed by atoms with van der Waals surface area (Å²) >= 11 is 4.81. The molecule has 0 fully saturated rings. The molecule has 0 atom stereocenters. The molecule has 8 heavy (non-hydrogen) atoms. The van der Waals surface area contributed by atoms with Crippen LogP contribution in [0, 0.1) is 0 Å². The number of allylic oxidation sites excluding steroid dienone is 1. The minimum absolute atomic E-state index is 0.